The van der Waals surface area contributed by atoms with Gasteiger partial charge in [0, 0.05) is 12.7 Å². The van der Waals surface area contributed by atoms with Gasteiger partial charge in [0.2, 0.25) is 0 Å². The number of benzene rings is 1. The van der Waals surface area contributed by atoms with Crippen molar-refractivity contribution in [3.05, 3.63) is 56.4 Å². The standard InChI is InChI=1S/C17H17N3O6/c1-3-18-14(21)12(15(22)23)9-20(16(18)24)11-4-5-13(10(2)8-11)19-6-7-26-17(19)25/h4-5,8-9H,3,6-7H2,1-2H3,(H,22,23). The molecule has 1 aliphatic rings. The molecule has 0 atom stereocenters. The highest BCUT2D eigenvalue weighted by atomic mass is 16.6. The maximum absolute atomic E-state index is 12.5. The number of ether oxygens (including phenoxy) is 1. The number of hydrogen-bond acceptors (Lipinski definition) is 5. The summed E-state index contributed by atoms with van der Waals surface area (Å²) >= 11 is 0. The van der Waals surface area contributed by atoms with E-state index in [2.05, 4.69) is 0 Å². The number of aryl methyl sites for hydroxylation is 1. The van der Waals surface area contributed by atoms with Gasteiger partial charge in [-0.3, -0.25) is 18.8 Å². The number of hydrogen-bond donors (Lipinski definition) is 1. The number of anilines is 1. The summed E-state index contributed by atoms with van der Waals surface area (Å²) in [6, 6.07) is 4.90. The predicted octanol–water partition coefficient (Wildman–Crippen LogP) is 0.982. The first-order chi connectivity index (χ1) is 12.3. The molecule has 0 aliphatic carbocycles. The van der Waals surface area contributed by atoms with Crippen molar-refractivity contribution in [2.45, 2.75) is 20.4 Å². The van der Waals surface area contributed by atoms with Crippen LogP contribution in [-0.2, 0) is 11.3 Å². The second-order valence-corrected chi connectivity index (χ2v) is 5.79. The Morgan fingerprint density at radius 3 is 2.54 bits per heavy atom. The van der Waals surface area contributed by atoms with Crippen LogP contribution in [0.25, 0.3) is 5.69 Å². The van der Waals surface area contributed by atoms with Crippen molar-refractivity contribution >= 4 is 17.7 Å². The highest BCUT2D eigenvalue weighted by Gasteiger charge is 2.25. The molecule has 1 aromatic heterocycles. The van der Waals surface area contributed by atoms with Crippen LogP contribution in [0.15, 0.2) is 34.0 Å². The van der Waals surface area contributed by atoms with Crippen molar-refractivity contribution in [1.82, 2.24) is 9.13 Å². The van der Waals surface area contributed by atoms with Crippen LogP contribution in [0.2, 0.25) is 0 Å². The molecular weight excluding hydrogens is 342 g/mol. The third-order valence-electron chi connectivity index (χ3n) is 4.23. The zero-order valence-corrected chi connectivity index (χ0v) is 14.3. The van der Waals surface area contributed by atoms with Crippen molar-refractivity contribution in [3.8, 4) is 5.69 Å². The van der Waals surface area contributed by atoms with Gasteiger partial charge < -0.3 is 9.84 Å². The number of rotatable bonds is 4. The van der Waals surface area contributed by atoms with Crippen molar-refractivity contribution in [3.63, 3.8) is 0 Å². The van der Waals surface area contributed by atoms with Gasteiger partial charge in [-0.2, -0.15) is 0 Å². The highest BCUT2D eigenvalue weighted by molar-refractivity contribution is 5.90. The van der Waals surface area contributed by atoms with Crippen LogP contribution in [0.1, 0.15) is 22.8 Å². The molecule has 0 radical (unpaired) electrons. The second-order valence-electron chi connectivity index (χ2n) is 5.79. The van der Waals surface area contributed by atoms with Crippen LogP contribution in [0.4, 0.5) is 10.5 Å². The SMILES string of the molecule is CCn1c(=O)c(C(=O)O)cn(-c2ccc(N3CCOC3=O)c(C)c2)c1=O. The van der Waals surface area contributed by atoms with E-state index in [0.29, 0.717) is 30.1 Å². The molecule has 9 heteroatoms. The lowest BCUT2D eigenvalue weighted by molar-refractivity contribution is 0.0693. The Morgan fingerprint density at radius 1 is 1.27 bits per heavy atom. The molecule has 1 saturated heterocycles. The Bertz CT molecular complexity index is 1020. The van der Waals surface area contributed by atoms with E-state index in [-0.39, 0.29) is 6.54 Å². The van der Waals surface area contributed by atoms with Gasteiger partial charge in [-0.15, -0.1) is 0 Å². The maximum atomic E-state index is 12.5. The number of carbonyl (C=O) groups excluding carboxylic acids is 1. The summed E-state index contributed by atoms with van der Waals surface area (Å²) in [6.45, 7) is 4.15. The number of cyclic esters (lactones) is 1. The fourth-order valence-corrected chi connectivity index (χ4v) is 2.92. The lowest BCUT2D eigenvalue weighted by atomic mass is 10.1. The molecule has 3 rings (SSSR count). The molecule has 9 nitrogen and oxygen atoms in total. The fourth-order valence-electron chi connectivity index (χ4n) is 2.92. The maximum Gasteiger partial charge on any atom is 0.414 e. The lowest BCUT2D eigenvalue weighted by Gasteiger charge is -2.17. The summed E-state index contributed by atoms with van der Waals surface area (Å²) in [4.78, 5) is 49.2. The second kappa shape index (κ2) is 6.51. The quantitative estimate of drug-likeness (QED) is 0.871. The van der Waals surface area contributed by atoms with E-state index >= 15 is 0 Å². The normalized spacial score (nSPS) is 13.8. The molecule has 26 heavy (non-hydrogen) atoms. The van der Waals surface area contributed by atoms with E-state index in [1.807, 2.05) is 0 Å². The minimum absolute atomic E-state index is 0.0511. The zero-order valence-electron chi connectivity index (χ0n) is 14.3. The first kappa shape index (κ1) is 17.5. The smallest absolute Gasteiger partial charge is 0.414 e. The minimum atomic E-state index is -1.40. The number of carbonyl (C=O) groups is 2. The molecular formula is C17H17N3O6. The number of nitrogens with zero attached hydrogens (tertiary/aromatic N) is 3. The monoisotopic (exact) mass is 359 g/mol. The number of carboxylic acids is 1. The van der Waals surface area contributed by atoms with Gasteiger partial charge in [0.05, 0.1) is 17.9 Å². The molecule has 136 valence electrons. The third kappa shape index (κ3) is 2.77. The van der Waals surface area contributed by atoms with Gasteiger partial charge >= 0.3 is 17.8 Å². The van der Waals surface area contributed by atoms with Gasteiger partial charge in [0.25, 0.3) is 5.56 Å². The van der Waals surface area contributed by atoms with Gasteiger partial charge in [-0.1, -0.05) is 0 Å². The number of amides is 1. The lowest BCUT2D eigenvalue weighted by Crippen LogP contribution is -2.41. The van der Waals surface area contributed by atoms with E-state index in [1.54, 1.807) is 32.0 Å². The summed E-state index contributed by atoms with van der Waals surface area (Å²) in [5, 5.41) is 9.23. The molecule has 1 aromatic carbocycles. The van der Waals surface area contributed by atoms with Crippen LogP contribution in [0.3, 0.4) is 0 Å². The van der Waals surface area contributed by atoms with Gasteiger partial charge in [-0.05, 0) is 37.6 Å². The Labute approximate surface area is 147 Å². The number of carboxylic acid groups (broad SMARTS) is 1. The van der Waals surface area contributed by atoms with Gasteiger partial charge in [-0.25, -0.2) is 14.4 Å². The van der Waals surface area contributed by atoms with Gasteiger partial charge in [0.15, 0.2) is 0 Å². The average Bonchev–Trinajstić information content (AvgIpc) is 3.01. The minimum Gasteiger partial charge on any atom is -0.477 e. The van der Waals surface area contributed by atoms with Crippen molar-refractivity contribution < 1.29 is 19.4 Å². The molecule has 1 aliphatic heterocycles. The van der Waals surface area contributed by atoms with Gasteiger partial charge in [0.1, 0.15) is 12.2 Å². The fraction of sp³-hybridized carbons (Fsp3) is 0.294. The highest BCUT2D eigenvalue weighted by Crippen LogP contribution is 2.25. The van der Waals surface area contributed by atoms with Crippen molar-refractivity contribution in [2.75, 3.05) is 18.1 Å². The summed E-state index contributed by atoms with van der Waals surface area (Å²) < 4.78 is 6.91. The summed E-state index contributed by atoms with van der Waals surface area (Å²) in [5.41, 5.74) is -0.208. The molecule has 0 bridgehead atoms. The predicted molar refractivity (Wildman–Crippen MR) is 92.4 cm³/mol. The van der Waals surface area contributed by atoms with Crippen molar-refractivity contribution in [2.24, 2.45) is 0 Å². The largest absolute Gasteiger partial charge is 0.477 e. The third-order valence-corrected chi connectivity index (χ3v) is 4.23. The van der Waals surface area contributed by atoms with E-state index in [9.17, 15) is 24.3 Å². The van der Waals surface area contributed by atoms with Crippen LogP contribution >= 0.6 is 0 Å². The number of aromatic carboxylic acids is 1. The molecule has 0 saturated carbocycles. The Hall–Kier alpha value is -3.36. The van der Waals surface area contributed by atoms with E-state index in [0.717, 1.165) is 15.3 Å². The van der Waals surface area contributed by atoms with Crippen LogP contribution in [0, 0.1) is 6.92 Å². The average molecular weight is 359 g/mol. The Morgan fingerprint density at radius 2 is 2.00 bits per heavy atom. The van der Waals surface area contributed by atoms with Crippen molar-refractivity contribution in [1.29, 1.82) is 0 Å². The van der Waals surface area contributed by atoms with Crippen LogP contribution in [-0.4, -0.2) is 39.5 Å². The molecule has 2 heterocycles. The molecule has 1 N–H and O–H groups in total. The van der Waals surface area contributed by atoms with E-state index < -0.39 is 28.9 Å². The van der Waals surface area contributed by atoms with E-state index in [4.69, 9.17) is 4.74 Å². The van der Waals surface area contributed by atoms with E-state index in [1.165, 1.54) is 4.90 Å². The Kier molecular flexibility index (Phi) is 4.37. The molecule has 2 aromatic rings. The molecule has 0 unspecified atom stereocenters. The summed E-state index contributed by atoms with van der Waals surface area (Å²) in [5.74, 6) is -1.40. The first-order valence-corrected chi connectivity index (χ1v) is 8.00. The number of aromatic nitrogens is 2. The summed E-state index contributed by atoms with van der Waals surface area (Å²) in [7, 11) is 0. The zero-order chi connectivity index (χ0) is 19.0. The molecule has 0 spiro atoms. The Balaban J connectivity index is 2.15. The molecule has 1 fully saturated rings. The topological polar surface area (TPSA) is 111 Å². The van der Waals surface area contributed by atoms with Crippen LogP contribution < -0.4 is 16.1 Å². The summed E-state index contributed by atoms with van der Waals surface area (Å²) in [6.07, 6.45) is 0.586. The first-order valence-electron chi connectivity index (χ1n) is 8.00. The molecule has 1 amide bonds. The van der Waals surface area contributed by atoms with Crippen LogP contribution in [0.5, 0.6) is 0 Å².